The van der Waals surface area contributed by atoms with Crippen LogP contribution < -0.4 is 0 Å². The summed E-state index contributed by atoms with van der Waals surface area (Å²) in [4.78, 5) is 12.3. The zero-order valence-corrected chi connectivity index (χ0v) is 9.90. The number of hydrogen-bond donors (Lipinski definition) is 0. The predicted octanol–water partition coefficient (Wildman–Crippen LogP) is 1.59. The average molecular weight is 222 g/mol. The van der Waals surface area contributed by atoms with Crippen LogP contribution in [0.1, 0.15) is 35.8 Å². The second-order valence-electron chi connectivity index (χ2n) is 4.27. The van der Waals surface area contributed by atoms with E-state index < -0.39 is 0 Å². The molecule has 0 atom stereocenters. The van der Waals surface area contributed by atoms with E-state index in [-0.39, 0.29) is 11.7 Å². The first-order valence-electron chi connectivity index (χ1n) is 5.87. The summed E-state index contributed by atoms with van der Waals surface area (Å²) in [6.07, 6.45) is 4.34. The molecule has 1 aromatic heterocycles. The van der Waals surface area contributed by atoms with Crippen molar-refractivity contribution in [3.05, 3.63) is 17.5 Å². The maximum atomic E-state index is 12.3. The van der Waals surface area contributed by atoms with Crippen LogP contribution >= 0.6 is 0 Å². The molecule has 0 bridgehead atoms. The fourth-order valence-corrected chi connectivity index (χ4v) is 2.18. The van der Waals surface area contributed by atoms with Crippen LogP contribution in [0.3, 0.4) is 0 Å². The van der Waals surface area contributed by atoms with Crippen molar-refractivity contribution >= 4 is 5.78 Å². The Morgan fingerprint density at radius 3 is 2.88 bits per heavy atom. The topological polar surface area (TPSA) is 44.1 Å². The van der Waals surface area contributed by atoms with Gasteiger partial charge in [0.25, 0.3) is 0 Å². The molecule has 0 unspecified atom stereocenters. The van der Waals surface area contributed by atoms with Crippen molar-refractivity contribution in [3.8, 4) is 0 Å². The number of aromatic nitrogens is 2. The Morgan fingerprint density at radius 2 is 2.25 bits per heavy atom. The normalized spacial score (nSPS) is 17.6. The predicted molar refractivity (Wildman–Crippen MR) is 60.5 cm³/mol. The van der Waals surface area contributed by atoms with Crippen LogP contribution in [0.15, 0.2) is 6.20 Å². The van der Waals surface area contributed by atoms with Crippen LogP contribution in [0.5, 0.6) is 0 Å². The molecule has 1 aliphatic rings. The molecule has 1 aromatic rings. The van der Waals surface area contributed by atoms with Crippen molar-refractivity contribution in [3.63, 3.8) is 0 Å². The fourth-order valence-electron chi connectivity index (χ4n) is 2.18. The molecule has 0 saturated carbocycles. The van der Waals surface area contributed by atoms with E-state index in [9.17, 15) is 4.79 Å². The van der Waals surface area contributed by atoms with Crippen LogP contribution in [0, 0.1) is 5.92 Å². The number of ether oxygens (including phenoxy) is 1. The Balaban J connectivity index is 2.18. The lowest BCUT2D eigenvalue weighted by Crippen LogP contribution is -2.24. The zero-order valence-electron chi connectivity index (χ0n) is 9.90. The highest BCUT2D eigenvalue weighted by atomic mass is 16.5. The molecule has 1 fully saturated rings. The number of nitrogens with zero attached hydrogens (tertiary/aromatic N) is 2. The Bertz CT molecular complexity index is 378. The van der Waals surface area contributed by atoms with Gasteiger partial charge in [0.15, 0.2) is 5.78 Å². The summed E-state index contributed by atoms with van der Waals surface area (Å²) in [5, 5.41) is 4.31. The lowest BCUT2D eigenvalue weighted by molar-refractivity contribution is 0.0544. The summed E-state index contributed by atoms with van der Waals surface area (Å²) in [5.74, 6) is 0.372. The molecule has 0 spiro atoms. The van der Waals surface area contributed by atoms with Crippen LogP contribution in [0.25, 0.3) is 0 Å². The number of ketones is 1. The first kappa shape index (κ1) is 11.3. The highest BCUT2D eigenvalue weighted by molar-refractivity contribution is 5.98. The van der Waals surface area contributed by atoms with Crippen LogP contribution in [-0.4, -0.2) is 28.8 Å². The minimum absolute atomic E-state index is 0.128. The van der Waals surface area contributed by atoms with E-state index in [4.69, 9.17) is 4.74 Å². The third-order valence-corrected chi connectivity index (χ3v) is 3.10. The van der Waals surface area contributed by atoms with Gasteiger partial charge in [-0.3, -0.25) is 9.48 Å². The third-order valence-electron chi connectivity index (χ3n) is 3.10. The molecule has 16 heavy (non-hydrogen) atoms. The fraction of sp³-hybridized carbons (Fsp3) is 0.667. The molecule has 2 rings (SSSR count). The van der Waals surface area contributed by atoms with Gasteiger partial charge in [-0.05, 0) is 19.3 Å². The summed E-state index contributed by atoms with van der Waals surface area (Å²) >= 11 is 0. The Labute approximate surface area is 95.6 Å². The second-order valence-corrected chi connectivity index (χ2v) is 4.27. The summed E-state index contributed by atoms with van der Waals surface area (Å²) < 4.78 is 7.00. The maximum absolute atomic E-state index is 12.3. The van der Waals surface area contributed by atoms with Crippen molar-refractivity contribution in [2.24, 2.45) is 13.0 Å². The van der Waals surface area contributed by atoms with Gasteiger partial charge in [-0.15, -0.1) is 0 Å². The third kappa shape index (κ3) is 2.16. The minimum atomic E-state index is 0.128. The van der Waals surface area contributed by atoms with Crippen LogP contribution in [-0.2, 0) is 18.2 Å². The summed E-state index contributed by atoms with van der Waals surface area (Å²) in [5.41, 5.74) is 1.72. The second kappa shape index (κ2) is 4.78. The van der Waals surface area contributed by atoms with E-state index in [0.717, 1.165) is 30.5 Å². The van der Waals surface area contributed by atoms with Gasteiger partial charge in [0.1, 0.15) is 0 Å². The quantitative estimate of drug-likeness (QED) is 0.729. The number of aryl methyl sites for hydroxylation is 2. The summed E-state index contributed by atoms with van der Waals surface area (Å²) in [6, 6.07) is 0. The monoisotopic (exact) mass is 222 g/mol. The van der Waals surface area contributed by atoms with E-state index in [0.29, 0.717) is 13.2 Å². The molecule has 0 amide bonds. The Kier molecular flexibility index (Phi) is 3.39. The van der Waals surface area contributed by atoms with Crippen molar-refractivity contribution in [1.82, 2.24) is 9.78 Å². The van der Waals surface area contributed by atoms with E-state index in [1.807, 2.05) is 20.2 Å². The average Bonchev–Trinajstić information content (AvgIpc) is 2.70. The van der Waals surface area contributed by atoms with E-state index in [1.165, 1.54) is 0 Å². The SMILES string of the molecule is CCc1nn(C)cc1C(=O)C1CCOCC1. The van der Waals surface area contributed by atoms with Gasteiger partial charge in [-0.1, -0.05) is 6.92 Å². The molecule has 0 N–H and O–H groups in total. The van der Waals surface area contributed by atoms with Gasteiger partial charge in [-0.25, -0.2) is 0 Å². The van der Waals surface area contributed by atoms with E-state index in [1.54, 1.807) is 4.68 Å². The molecule has 0 aliphatic carbocycles. The van der Waals surface area contributed by atoms with Gasteiger partial charge in [0, 0.05) is 32.4 Å². The number of carbonyl (C=O) groups is 1. The van der Waals surface area contributed by atoms with Gasteiger partial charge < -0.3 is 4.74 Å². The van der Waals surface area contributed by atoms with Crippen molar-refractivity contribution < 1.29 is 9.53 Å². The Morgan fingerprint density at radius 1 is 1.56 bits per heavy atom. The molecule has 1 saturated heterocycles. The van der Waals surface area contributed by atoms with Gasteiger partial charge in [0.2, 0.25) is 0 Å². The molecule has 2 heterocycles. The van der Waals surface area contributed by atoms with Crippen LogP contribution in [0.2, 0.25) is 0 Å². The highest BCUT2D eigenvalue weighted by Crippen LogP contribution is 2.21. The largest absolute Gasteiger partial charge is 0.381 e. The maximum Gasteiger partial charge on any atom is 0.169 e. The molecular formula is C12H18N2O2. The summed E-state index contributed by atoms with van der Waals surface area (Å²) in [7, 11) is 1.86. The van der Waals surface area contributed by atoms with Crippen LogP contribution in [0.4, 0.5) is 0 Å². The molecule has 0 radical (unpaired) electrons. The summed E-state index contributed by atoms with van der Waals surface area (Å²) in [6.45, 7) is 3.44. The minimum Gasteiger partial charge on any atom is -0.381 e. The number of Topliss-reactive ketones (excluding diaryl/α,β-unsaturated/α-hetero) is 1. The lowest BCUT2D eigenvalue weighted by Gasteiger charge is -2.20. The molecule has 88 valence electrons. The standard InChI is InChI=1S/C12H18N2O2/c1-3-11-10(8-14(2)13-11)12(15)9-4-6-16-7-5-9/h8-9H,3-7H2,1-2H3. The first-order valence-corrected chi connectivity index (χ1v) is 5.87. The van der Waals surface area contributed by atoms with E-state index >= 15 is 0 Å². The molecule has 4 heteroatoms. The van der Waals surface area contributed by atoms with Crippen molar-refractivity contribution in [1.29, 1.82) is 0 Å². The van der Waals surface area contributed by atoms with E-state index in [2.05, 4.69) is 5.10 Å². The van der Waals surface area contributed by atoms with Gasteiger partial charge in [-0.2, -0.15) is 5.10 Å². The first-order chi connectivity index (χ1) is 7.72. The molecule has 0 aromatic carbocycles. The molecule has 1 aliphatic heterocycles. The molecule has 4 nitrogen and oxygen atoms in total. The zero-order chi connectivity index (χ0) is 11.5. The number of carbonyl (C=O) groups excluding carboxylic acids is 1. The number of rotatable bonds is 3. The number of hydrogen-bond acceptors (Lipinski definition) is 3. The van der Waals surface area contributed by atoms with Gasteiger partial charge >= 0.3 is 0 Å². The highest BCUT2D eigenvalue weighted by Gasteiger charge is 2.25. The van der Waals surface area contributed by atoms with Crippen molar-refractivity contribution in [2.45, 2.75) is 26.2 Å². The molecular weight excluding hydrogens is 204 g/mol. The smallest absolute Gasteiger partial charge is 0.169 e. The van der Waals surface area contributed by atoms with Gasteiger partial charge in [0.05, 0.1) is 11.3 Å². The lowest BCUT2D eigenvalue weighted by atomic mass is 9.91. The van der Waals surface area contributed by atoms with Crippen molar-refractivity contribution in [2.75, 3.05) is 13.2 Å². The Hall–Kier alpha value is -1.16.